The van der Waals surface area contributed by atoms with Gasteiger partial charge in [-0.05, 0) is 25.5 Å². The molecule has 112 valence electrons. The Morgan fingerprint density at radius 1 is 1.38 bits per heavy atom. The summed E-state index contributed by atoms with van der Waals surface area (Å²) in [5.74, 6) is -0.348. The highest BCUT2D eigenvalue weighted by Gasteiger charge is 2.18. The Morgan fingerprint density at radius 2 is 2.14 bits per heavy atom. The lowest BCUT2D eigenvalue weighted by atomic mass is 10.2. The number of hydrogen-bond donors (Lipinski definition) is 3. The van der Waals surface area contributed by atoms with Crippen molar-refractivity contribution in [3.63, 3.8) is 0 Å². The molecular weight excluding hydrogens is 288 g/mol. The number of nitrogens with zero attached hydrogens (tertiary/aromatic N) is 1. The molecule has 0 radical (unpaired) electrons. The zero-order valence-electron chi connectivity index (χ0n) is 12.0. The number of anilines is 1. The van der Waals surface area contributed by atoms with Gasteiger partial charge in [-0.1, -0.05) is 0 Å². The number of fused-ring (bicyclic) bond motifs is 1. The van der Waals surface area contributed by atoms with Crippen LogP contribution in [0.1, 0.15) is 28.6 Å². The van der Waals surface area contributed by atoms with E-state index < -0.39 is 0 Å². The maximum absolute atomic E-state index is 12.1. The molecule has 0 unspecified atom stereocenters. The molecule has 2 amide bonds. The second kappa shape index (κ2) is 6.53. The Balaban J connectivity index is 2.08. The third-order valence-electron chi connectivity index (χ3n) is 3.06. The Morgan fingerprint density at radius 3 is 2.81 bits per heavy atom. The molecule has 6 nitrogen and oxygen atoms in total. The lowest BCUT2D eigenvalue weighted by molar-refractivity contribution is -0.120. The molecule has 0 aliphatic heterocycles. The minimum atomic E-state index is -0.265. The van der Waals surface area contributed by atoms with Gasteiger partial charge >= 0.3 is 0 Å². The van der Waals surface area contributed by atoms with Crippen LogP contribution in [0.5, 0.6) is 0 Å². The number of nitrogen functional groups attached to an aromatic ring is 1. The molecule has 0 aliphatic rings. The third kappa shape index (κ3) is 3.30. The molecule has 0 fully saturated rings. The second-order valence-electron chi connectivity index (χ2n) is 4.61. The van der Waals surface area contributed by atoms with Crippen LogP contribution in [0.3, 0.4) is 0 Å². The number of rotatable bonds is 5. The summed E-state index contributed by atoms with van der Waals surface area (Å²) in [5.41, 5.74) is 7.50. The Bertz CT molecular complexity index is 681. The first-order valence-corrected chi connectivity index (χ1v) is 7.54. The van der Waals surface area contributed by atoms with Crippen molar-refractivity contribution < 1.29 is 9.59 Å². The first-order valence-electron chi connectivity index (χ1n) is 6.73. The highest BCUT2D eigenvalue weighted by atomic mass is 32.1. The number of carbonyl (C=O) groups is 2. The molecule has 0 saturated heterocycles. The van der Waals surface area contributed by atoms with Crippen molar-refractivity contribution in [1.82, 2.24) is 15.6 Å². The summed E-state index contributed by atoms with van der Waals surface area (Å²) >= 11 is 1.27. The van der Waals surface area contributed by atoms with Gasteiger partial charge in [0.15, 0.2) is 0 Å². The maximum Gasteiger partial charge on any atom is 0.263 e. The van der Waals surface area contributed by atoms with Crippen LogP contribution < -0.4 is 16.4 Å². The van der Waals surface area contributed by atoms with Gasteiger partial charge in [0, 0.05) is 31.1 Å². The van der Waals surface area contributed by atoms with Crippen molar-refractivity contribution in [2.24, 2.45) is 0 Å². The summed E-state index contributed by atoms with van der Waals surface area (Å²) in [4.78, 5) is 28.9. The van der Waals surface area contributed by atoms with Crippen LogP contribution in [-0.2, 0) is 4.79 Å². The highest BCUT2D eigenvalue weighted by Crippen LogP contribution is 2.34. The van der Waals surface area contributed by atoms with Crippen LogP contribution in [0.2, 0.25) is 0 Å². The summed E-state index contributed by atoms with van der Waals surface area (Å²) in [5, 5.41) is 6.22. The number of aromatic nitrogens is 1. The summed E-state index contributed by atoms with van der Waals surface area (Å²) in [6, 6.07) is 1.86. The van der Waals surface area contributed by atoms with Crippen LogP contribution in [0.25, 0.3) is 10.2 Å². The molecule has 0 aliphatic carbocycles. The first kappa shape index (κ1) is 15.2. The van der Waals surface area contributed by atoms with Gasteiger partial charge in [-0.2, -0.15) is 0 Å². The van der Waals surface area contributed by atoms with E-state index in [-0.39, 0.29) is 24.8 Å². The predicted molar refractivity (Wildman–Crippen MR) is 84.4 cm³/mol. The number of nitrogens with two attached hydrogens (primary N) is 1. The number of hydrogen-bond acceptors (Lipinski definition) is 5. The monoisotopic (exact) mass is 306 g/mol. The summed E-state index contributed by atoms with van der Waals surface area (Å²) in [7, 11) is 0. The van der Waals surface area contributed by atoms with E-state index in [9.17, 15) is 9.59 Å². The SMILES string of the molecule is CCNC(=O)CCNC(=O)c1sc2nccc(C)c2c1N. The van der Waals surface area contributed by atoms with E-state index in [1.165, 1.54) is 11.3 Å². The Hall–Kier alpha value is -2.15. The standard InChI is InChI=1S/C14H18N4O2S/c1-3-16-9(19)5-7-17-13(20)12-11(15)10-8(2)4-6-18-14(10)21-12/h4,6H,3,5,7,15H2,1-2H3,(H,16,19)(H,17,20). The summed E-state index contributed by atoms with van der Waals surface area (Å²) in [6.07, 6.45) is 1.95. The normalized spacial score (nSPS) is 10.6. The maximum atomic E-state index is 12.1. The van der Waals surface area contributed by atoms with Gasteiger partial charge in [-0.25, -0.2) is 4.98 Å². The van der Waals surface area contributed by atoms with Crippen molar-refractivity contribution in [2.75, 3.05) is 18.8 Å². The minimum absolute atomic E-state index is 0.0837. The Labute approximate surface area is 126 Å². The van der Waals surface area contributed by atoms with Crippen molar-refractivity contribution in [3.05, 3.63) is 22.7 Å². The largest absolute Gasteiger partial charge is 0.397 e. The first-order chi connectivity index (χ1) is 10.0. The molecule has 0 aromatic carbocycles. The minimum Gasteiger partial charge on any atom is -0.397 e. The van der Waals surface area contributed by atoms with Crippen LogP contribution in [-0.4, -0.2) is 29.9 Å². The molecule has 0 bridgehead atoms. The van der Waals surface area contributed by atoms with Crippen molar-refractivity contribution in [2.45, 2.75) is 20.3 Å². The van der Waals surface area contributed by atoms with E-state index in [0.29, 0.717) is 17.1 Å². The molecule has 2 aromatic heterocycles. The average molecular weight is 306 g/mol. The van der Waals surface area contributed by atoms with Gasteiger partial charge in [0.1, 0.15) is 9.71 Å². The van der Waals surface area contributed by atoms with Crippen molar-refractivity contribution in [3.8, 4) is 0 Å². The summed E-state index contributed by atoms with van der Waals surface area (Å²) in [6.45, 7) is 4.65. The third-order valence-corrected chi connectivity index (χ3v) is 4.17. The van der Waals surface area contributed by atoms with E-state index in [1.54, 1.807) is 6.20 Å². The smallest absolute Gasteiger partial charge is 0.263 e. The van der Waals surface area contributed by atoms with Crippen LogP contribution >= 0.6 is 11.3 Å². The van der Waals surface area contributed by atoms with E-state index in [1.807, 2.05) is 19.9 Å². The lowest BCUT2D eigenvalue weighted by Crippen LogP contribution is -2.30. The zero-order valence-corrected chi connectivity index (χ0v) is 12.8. The molecule has 0 spiro atoms. The van der Waals surface area contributed by atoms with Crippen LogP contribution in [0, 0.1) is 6.92 Å². The molecule has 4 N–H and O–H groups in total. The van der Waals surface area contributed by atoms with Gasteiger partial charge < -0.3 is 16.4 Å². The summed E-state index contributed by atoms with van der Waals surface area (Å²) < 4.78 is 0. The lowest BCUT2D eigenvalue weighted by Gasteiger charge is -2.04. The van der Waals surface area contributed by atoms with Gasteiger partial charge in [-0.3, -0.25) is 9.59 Å². The average Bonchev–Trinajstić information content (AvgIpc) is 2.78. The highest BCUT2D eigenvalue weighted by molar-refractivity contribution is 7.21. The number of pyridine rings is 1. The van der Waals surface area contributed by atoms with Gasteiger partial charge in [0.05, 0.1) is 5.69 Å². The number of amides is 2. The fourth-order valence-corrected chi connectivity index (χ4v) is 3.08. The molecule has 2 heterocycles. The van der Waals surface area contributed by atoms with Crippen LogP contribution in [0.4, 0.5) is 5.69 Å². The van der Waals surface area contributed by atoms with E-state index in [4.69, 9.17) is 5.73 Å². The number of nitrogens with one attached hydrogen (secondary N) is 2. The van der Waals surface area contributed by atoms with Crippen LogP contribution in [0.15, 0.2) is 12.3 Å². The Kier molecular flexibility index (Phi) is 4.74. The van der Waals surface area contributed by atoms with Gasteiger partial charge in [-0.15, -0.1) is 11.3 Å². The fourth-order valence-electron chi connectivity index (χ4n) is 2.03. The van der Waals surface area contributed by atoms with Crippen molar-refractivity contribution >= 4 is 39.1 Å². The molecule has 2 aromatic rings. The van der Waals surface area contributed by atoms with E-state index in [2.05, 4.69) is 15.6 Å². The zero-order chi connectivity index (χ0) is 15.4. The van der Waals surface area contributed by atoms with Gasteiger partial charge in [0.2, 0.25) is 5.91 Å². The fraction of sp³-hybridized carbons (Fsp3) is 0.357. The molecule has 7 heteroatoms. The second-order valence-corrected chi connectivity index (χ2v) is 5.61. The number of carbonyl (C=O) groups excluding carboxylic acids is 2. The van der Waals surface area contributed by atoms with E-state index >= 15 is 0 Å². The molecule has 2 rings (SSSR count). The van der Waals surface area contributed by atoms with Crippen molar-refractivity contribution in [1.29, 1.82) is 0 Å². The molecule has 0 atom stereocenters. The molecule has 0 saturated carbocycles. The quantitative estimate of drug-likeness (QED) is 0.778. The van der Waals surface area contributed by atoms with Gasteiger partial charge in [0.25, 0.3) is 5.91 Å². The molecule has 21 heavy (non-hydrogen) atoms. The number of aryl methyl sites for hydroxylation is 1. The topological polar surface area (TPSA) is 97.1 Å². The predicted octanol–water partition coefficient (Wildman–Crippen LogP) is 1.44. The number of thiophene rings is 1. The molecular formula is C14H18N4O2S. The van der Waals surface area contributed by atoms with E-state index in [0.717, 1.165) is 15.8 Å².